The third-order valence-corrected chi connectivity index (χ3v) is 4.69. The lowest BCUT2D eigenvalue weighted by Crippen LogP contribution is -2.52. The number of halogens is 1. The number of carbonyl (C=O) groups excluding carboxylic acids is 2. The molecule has 2 amide bonds. The zero-order valence-electron chi connectivity index (χ0n) is 11.4. The molecular weight excluding hydrogens is 344 g/mol. The first kappa shape index (κ1) is 15.5. The van der Waals surface area contributed by atoms with Crippen LogP contribution in [0, 0.1) is 0 Å². The molecule has 7 heteroatoms. The molecule has 2 unspecified atom stereocenters. The van der Waals surface area contributed by atoms with Crippen LogP contribution in [0.2, 0.25) is 0 Å². The van der Waals surface area contributed by atoms with E-state index >= 15 is 0 Å². The summed E-state index contributed by atoms with van der Waals surface area (Å²) >= 11 is 4.66. The predicted octanol–water partition coefficient (Wildman–Crippen LogP) is 1.88. The van der Waals surface area contributed by atoms with Crippen LogP contribution < -0.4 is 5.32 Å². The lowest BCUT2D eigenvalue weighted by Gasteiger charge is -2.33. The number of thiophene rings is 1. The molecule has 1 aliphatic rings. The monoisotopic (exact) mass is 360 g/mol. The minimum absolute atomic E-state index is 0.0452. The molecule has 1 N–H and O–H groups in total. The van der Waals surface area contributed by atoms with Crippen LogP contribution >= 0.6 is 27.3 Å². The molecule has 5 nitrogen and oxygen atoms in total. The Labute approximate surface area is 130 Å². The average molecular weight is 361 g/mol. The second kappa shape index (κ2) is 6.69. The Hall–Kier alpha value is -0.920. The normalized spacial score (nSPS) is 20.6. The molecule has 0 saturated carbocycles. The fourth-order valence-electron chi connectivity index (χ4n) is 2.06. The summed E-state index contributed by atoms with van der Waals surface area (Å²) in [6.45, 7) is 5.35. The number of rotatable bonds is 3. The number of hydrogen-bond acceptors (Lipinski definition) is 4. The summed E-state index contributed by atoms with van der Waals surface area (Å²) in [6, 6.07) is 3.02. The topological polar surface area (TPSA) is 58.6 Å². The van der Waals surface area contributed by atoms with E-state index in [2.05, 4.69) is 21.2 Å². The molecule has 1 fully saturated rings. The number of morpholine rings is 1. The quantitative estimate of drug-likeness (QED) is 0.894. The van der Waals surface area contributed by atoms with Crippen LogP contribution in [0.4, 0.5) is 0 Å². The summed E-state index contributed by atoms with van der Waals surface area (Å²) < 4.78 is 6.30. The van der Waals surface area contributed by atoms with Gasteiger partial charge in [0.2, 0.25) is 5.91 Å². The van der Waals surface area contributed by atoms with Gasteiger partial charge >= 0.3 is 0 Å². The Balaban J connectivity index is 1.92. The van der Waals surface area contributed by atoms with Crippen molar-refractivity contribution in [2.75, 3.05) is 19.7 Å². The molecule has 1 aromatic heterocycles. The highest BCUT2D eigenvalue weighted by molar-refractivity contribution is 9.11. The number of amides is 2. The van der Waals surface area contributed by atoms with Crippen molar-refractivity contribution < 1.29 is 14.3 Å². The zero-order valence-corrected chi connectivity index (χ0v) is 13.8. The lowest BCUT2D eigenvalue weighted by atomic mass is 10.2. The average Bonchev–Trinajstić information content (AvgIpc) is 2.84. The van der Waals surface area contributed by atoms with E-state index in [9.17, 15) is 9.59 Å². The van der Waals surface area contributed by atoms with Crippen LogP contribution in [0.1, 0.15) is 23.5 Å². The summed E-state index contributed by atoms with van der Waals surface area (Å²) in [5.74, 6) is -0.285. The second-order valence-electron chi connectivity index (χ2n) is 4.76. The van der Waals surface area contributed by atoms with Gasteiger partial charge in [-0.1, -0.05) is 0 Å². The maximum Gasteiger partial charge on any atom is 0.262 e. The van der Waals surface area contributed by atoms with E-state index in [1.807, 2.05) is 13.0 Å². The highest BCUT2D eigenvalue weighted by Crippen LogP contribution is 2.22. The predicted molar refractivity (Wildman–Crippen MR) is 80.9 cm³/mol. The molecule has 0 aromatic carbocycles. The van der Waals surface area contributed by atoms with E-state index in [1.54, 1.807) is 17.9 Å². The SMILES string of the molecule is CC1CN(C(=O)C(C)NC(=O)c2ccc(Br)s2)CCO1. The highest BCUT2D eigenvalue weighted by atomic mass is 79.9. The summed E-state index contributed by atoms with van der Waals surface area (Å²) in [5, 5.41) is 2.74. The van der Waals surface area contributed by atoms with Gasteiger partial charge < -0.3 is 15.0 Å². The molecule has 0 aliphatic carbocycles. The van der Waals surface area contributed by atoms with Crippen LogP contribution in [-0.2, 0) is 9.53 Å². The first-order valence-corrected chi connectivity index (χ1v) is 8.05. The lowest BCUT2D eigenvalue weighted by molar-refractivity contribution is -0.139. The Bertz CT molecular complexity index is 506. The Morgan fingerprint density at radius 3 is 2.90 bits per heavy atom. The largest absolute Gasteiger partial charge is 0.375 e. The first-order chi connectivity index (χ1) is 9.47. The third kappa shape index (κ3) is 3.80. The smallest absolute Gasteiger partial charge is 0.262 e. The molecule has 0 spiro atoms. The molecule has 1 aliphatic heterocycles. The summed E-state index contributed by atoms with van der Waals surface area (Å²) in [4.78, 5) is 26.6. The van der Waals surface area contributed by atoms with Gasteiger partial charge in [-0.3, -0.25) is 9.59 Å². The van der Waals surface area contributed by atoms with Crippen LogP contribution in [-0.4, -0.2) is 48.6 Å². The van der Waals surface area contributed by atoms with Gasteiger partial charge in [0, 0.05) is 13.1 Å². The van der Waals surface area contributed by atoms with Crippen molar-refractivity contribution in [2.45, 2.75) is 26.0 Å². The molecule has 2 heterocycles. The van der Waals surface area contributed by atoms with Gasteiger partial charge in [0.05, 0.1) is 21.4 Å². The molecule has 2 atom stereocenters. The van der Waals surface area contributed by atoms with Crippen LogP contribution in [0.25, 0.3) is 0 Å². The standard InChI is InChI=1S/C13H17BrN2O3S/c1-8-7-16(5-6-19-8)13(18)9(2)15-12(17)10-3-4-11(14)20-10/h3-4,8-9H,5-7H2,1-2H3,(H,15,17). The minimum Gasteiger partial charge on any atom is -0.375 e. The Morgan fingerprint density at radius 2 is 2.30 bits per heavy atom. The van der Waals surface area contributed by atoms with Crippen molar-refractivity contribution in [3.05, 3.63) is 20.8 Å². The van der Waals surface area contributed by atoms with Crippen molar-refractivity contribution in [3.8, 4) is 0 Å². The van der Waals surface area contributed by atoms with E-state index in [-0.39, 0.29) is 17.9 Å². The van der Waals surface area contributed by atoms with Crippen molar-refractivity contribution >= 4 is 39.1 Å². The molecule has 0 radical (unpaired) electrons. The first-order valence-electron chi connectivity index (χ1n) is 6.44. The van der Waals surface area contributed by atoms with E-state index in [0.29, 0.717) is 24.6 Å². The maximum absolute atomic E-state index is 12.3. The fraction of sp³-hybridized carbons (Fsp3) is 0.538. The fourth-order valence-corrected chi connectivity index (χ4v) is 3.35. The van der Waals surface area contributed by atoms with Gasteiger partial charge in [0.1, 0.15) is 6.04 Å². The van der Waals surface area contributed by atoms with Gasteiger partial charge in [-0.15, -0.1) is 11.3 Å². The zero-order chi connectivity index (χ0) is 14.7. The molecule has 1 aromatic rings. The van der Waals surface area contributed by atoms with Crippen LogP contribution in [0.15, 0.2) is 15.9 Å². The van der Waals surface area contributed by atoms with Crippen LogP contribution in [0.3, 0.4) is 0 Å². The molecule has 110 valence electrons. The van der Waals surface area contributed by atoms with E-state index < -0.39 is 6.04 Å². The number of hydrogen-bond donors (Lipinski definition) is 1. The van der Waals surface area contributed by atoms with E-state index in [1.165, 1.54) is 11.3 Å². The second-order valence-corrected chi connectivity index (χ2v) is 7.23. The van der Waals surface area contributed by atoms with Gasteiger partial charge in [0.25, 0.3) is 5.91 Å². The number of ether oxygens (including phenoxy) is 1. The van der Waals surface area contributed by atoms with Gasteiger partial charge in [-0.25, -0.2) is 0 Å². The van der Waals surface area contributed by atoms with Crippen molar-refractivity contribution in [1.82, 2.24) is 10.2 Å². The van der Waals surface area contributed by atoms with Crippen molar-refractivity contribution in [2.24, 2.45) is 0 Å². The molecule has 2 rings (SSSR count). The minimum atomic E-state index is -0.534. The van der Waals surface area contributed by atoms with Crippen molar-refractivity contribution in [1.29, 1.82) is 0 Å². The maximum atomic E-state index is 12.3. The third-order valence-electron chi connectivity index (χ3n) is 3.07. The molecule has 1 saturated heterocycles. The van der Waals surface area contributed by atoms with Gasteiger partial charge in [-0.2, -0.15) is 0 Å². The summed E-state index contributed by atoms with van der Waals surface area (Å²) in [6.07, 6.45) is 0.0452. The number of nitrogens with one attached hydrogen (secondary N) is 1. The number of nitrogens with zero attached hydrogens (tertiary/aromatic N) is 1. The Kier molecular flexibility index (Phi) is 5.17. The van der Waals surface area contributed by atoms with E-state index in [4.69, 9.17) is 4.74 Å². The van der Waals surface area contributed by atoms with Crippen molar-refractivity contribution in [3.63, 3.8) is 0 Å². The van der Waals surface area contributed by atoms with E-state index in [0.717, 1.165) is 3.79 Å². The molecule has 0 bridgehead atoms. The Morgan fingerprint density at radius 1 is 1.55 bits per heavy atom. The summed E-state index contributed by atoms with van der Waals surface area (Å²) in [5.41, 5.74) is 0. The summed E-state index contributed by atoms with van der Waals surface area (Å²) in [7, 11) is 0. The van der Waals surface area contributed by atoms with Gasteiger partial charge in [-0.05, 0) is 41.9 Å². The highest BCUT2D eigenvalue weighted by Gasteiger charge is 2.26. The number of carbonyl (C=O) groups is 2. The van der Waals surface area contributed by atoms with Gasteiger partial charge in [0.15, 0.2) is 0 Å². The van der Waals surface area contributed by atoms with Crippen LogP contribution in [0.5, 0.6) is 0 Å². The molecular formula is C13H17BrN2O3S. The molecule has 20 heavy (non-hydrogen) atoms.